The molecule has 1 heterocycles. The molecule has 0 amide bonds. The molecule has 13 heavy (non-hydrogen) atoms. The third-order valence-electron chi connectivity index (χ3n) is 2.72. The van der Waals surface area contributed by atoms with Crippen molar-refractivity contribution in [2.24, 2.45) is 11.3 Å². The molecular formula is C10H19NO2. The minimum absolute atomic E-state index is 0.455. The highest BCUT2D eigenvalue weighted by Crippen LogP contribution is 2.33. The van der Waals surface area contributed by atoms with Gasteiger partial charge in [-0.15, -0.1) is 0 Å². The van der Waals surface area contributed by atoms with Gasteiger partial charge in [0.1, 0.15) is 0 Å². The smallest absolute Gasteiger partial charge is 0.310 e. The first kappa shape index (κ1) is 10.5. The number of piperidine rings is 1. The van der Waals surface area contributed by atoms with Gasteiger partial charge >= 0.3 is 5.97 Å². The van der Waals surface area contributed by atoms with Crippen molar-refractivity contribution in [1.82, 2.24) is 5.32 Å². The summed E-state index contributed by atoms with van der Waals surface area (Å²) in [7, 11) is 0. The second-order valence-corrected chi connectivity index (χ2v) is 4.46. The highest BCUT2D eigenvalue weighted by molar-refractivity contribution is 5.75. The van der Waals surface area contributed by atoms with Crippen molar-refractivity contribution in [2.75, 3.05) is 13.1 Å². The fraction of sp³-hybridized carbons (Fsp3) is 0.900. The Bertz CT molecular complexity index is 183. The minimum atomic E-state index is -0.631. The molecule has 1 aliphatic rings. The number of rotatable bonds is 3. The van der Waals surface area contributed by atoms with E-state index in [2.05, 4.69) is 19.2 Å². The summed E-state index contributed by atoms with van der Waals surface area (Å²) < 4.78 is 0. The lowest BCUT2D eigenvalue weighted by Gasteiger charge is -2.35. The molecule has 0 aliphatic carbocycles. The second kappa shape index (κ2) is 4.09. The lowest BCUT2D eigenvalue weighted by atomic mass is 9.75. The van der Waals surface area contributed by atoms with E-state index in [1.165, 1.54) is 0 Å². The summed E-state index contributed by atoms with van der Waals surface area (Å²) in [4.78, 5) is 11.2. The second-order valence-electron chi connectivity index (χ2n) is 4.46. The highest BCUT2D eigenvalue weighted by atomic mass is 16.4. The molecule has 0 aromatic carbocycles. The molecule has 1 rings (SSSR count). The van der Waals surface area contributed by atoms with Crippen LogP contribution in [0.3, 0.4) is 0 Å². The number of hydrogen-bond donors (Lipinski definition) is 2. The number of carbonyl (C=O) groups is 1. The molecule has 0 bridgehead atoms. The number of nitrogens with one attached hydrogen (secondary N) is 1. The van der Waals surface area contributed by atoms with E-state index < -0.39 is 11.4 Å². The zero-order chi connectivity index (χ0) is 9.90. The maximum Gasteiger partial charge on any atom is 0.310 e. The average Bonchev–Trinajstić information content (AvgIpc) is 2.04. The molecule has 0 aromatic rings. The molecular weight excluding hydrogens is 166 g/mol. The summed E-state index contributed by atoms with van der Waals surface area (Å²) >= 11 is 0. The fourth-order valence-corrected chi connectivity index (χ4v) is 2.19. The lowest BCUT2D eigenvalue weighted by molar-refractivity contribution is -0.151. The first-order valence-electron chi connectivity index (χ1n) is 5.01. The summed E-state index contributed by atoms with van der Waals surface area (Å²) in [5, 5.41) is 12.4. The maximum atomic E-state index is 11.2. The van der Waals surface area contributed by atoms with Crippen LogP contribution in [0.25, 0.3) is 0 Å². The molecule has 1 unspecified atom stereocenters. The summed E-state index contributed by atoms with van der Waals surface area (Å²) in [6, 6.07) is 0. The standard InChI is InChI=1S/C10H19NO2/c1-8(2)6-10(9(12)13)4-3-5-11-7-10/h8,11H,3-7H2,1-2H3,(H,12,13). The van der Waals surface area contributed by atoms with Crippen molar-refractivity contribution in [1.29, 1.82) is 0 Å². The molecule has 1 saturated heterocycles. The van der Waals surface area contributed by atoms with E-state index in [1.54, 1.807) is 0 Å². The van der Waals surface area contributed by atoms with E-state index in [0.29, 0.717) is 12.5 Å². The van der Waals surface area contributed by atoms with Crippen molar-refractivity contribution in [3.8, 4) is 0 Å². The van der Waals surface area contributed by atoms with Crippen molar-refractivity contribution in [2.45, 2.75) is 33.1 Å². The largest absolute Gasteiger partial charge is 0.481 e. The van der Waals surface area contributed by atoms with Crippen molar-refractivity contribution >= 4 is 5.97 Å². The van der Waals surface area contributed by atoms with Gasteiger partial charge in [-0.3, -0.25) is 4.79 Å². The molecule has 1 aliphatic heterocycles. The molecule has 0 saturated carbocycles. The van der Waals surface area contributed by atoms with E-state index in [0.717, 1.165) is 25.8 Å². The molecule has 2 N–H and O–H groups in total. The Morgan fingerprint density at radius 1 is 1.62 bits per heavy atom. The van der Waals surface area contributed by atoms with Crippen LogP contribution in [-0.4, -0.2) is 24.2 Å². The van der Waals surface area contributed by atoms with Gasteiger partial charge in [0.25, 0.3) is 0 Å². The van der Waals surface area contributed by atoms with Crippen LogP contribution in [0.4, 0.5) is 0 Å². The zero-order valence-electron chi connectivity index (χ0n) is 8.47. The van der Waals surface area contributed by atoms with Gasteiger partial charge in [0.2, 0.25) is 0 Å². The van der Waals surface area contributed by atoms with E-state index in [9.17, 15) is 9.90 Å². The van der Waals surface area contributed by atoms with E-state index >= 15 is 0 Å². The van der Waals surface area contributed by atoms with Crippen LogP contribution in [0.5, 0.6) is 0 Å². The summed E-state index contributed by atoms with van der Waals surface area (Å²) in [6.07, 6.45) is 2.60. The summed E-state index contributed by atoms with van der Waals surface area (Å²) in [6.45, 7) is 5.77. The Labute approximate surface area is 79.5 Å². The highest BCUT2D eigenvalue weighted by Gasteiger charge is 2.39. The summed E-state index contributed by atoms with van der Waals surface area (Å²) in [5.41, 5.74) is -0.494. The van der Waals surface area contributed by atoms with Gasteiger partial charge in [-0.2, -0.15) is 0 Å². The minimum Gasteiger partial charge on any atom is -0.481 e. The topological polar surface area (TPSA) is 49.3 Å². The van der Waals surface area contributed by atoms with E-state index in [4.69, 9.17) is 0 Å². The monoisotopic (exact) mass is 185 g/mol. The summed E-state index contributed by atoms with van der Waals surface area (Å²) in [5.74, 6) is -0.176. The van der Waals surface area contributed by atoms with Crippen LogP contribution < -0.4 is 5.32 Å². The van der Waals surface area contributed by atoms with Crippen LogP contribution in [0.1, 0.15) is 33.1 Å². The number of carboxylic acid groups (broad SMARTS) is 1. The Balaban J connectivity index is 2.67. The van der Waals surface area contributed by atoms with Gasteiger partial charge in [0.05, 0.1) is 5.41 Å². The average molecular weight is 185 g/mol. The number of hydrogen-bond acceptors (Lipinski definition) is 2. The number of carboxylic acids is 1. The first-order chi connectivity index (χ1) is 6.07. The van der Waals surface area contributed by atoms with Gasteiger partial charge in [-0.1, -0.05) is 13.8 Å². The normalized spacial score (nSPS) is 29.2. The van der Waals surface area contributed by atoms with Gasteiger partial charge in [0, 0.05) is 6.54 Å². The third-order valence-corrected chi connectivity index (χ3v) is 2.72. The molecule has 0 aromatic heterocycles. The molecule has 3 heteroatoms. The molecule has 76 valence electrons. The van der Waals surface area contributed by atoms with E-state index in [1.807, 2.05) is 0 Å². The van der Waals surface area contributed by atoms with Gasteiger partial charge in [-0.05, 0) is 31.7 Å². The van der Waals surface area contributed by atoms with Crippen molar-refractivity contribution in [3.05, 3.63) is 0 Å². The Morgan fingerprint density at radius 2 is 2.31 bits per heavy atom. The van der Waals surface area contributed by atoms with Crippen LogP contribution in [-0.2, 0) is 4.79 Å². The molecule has 3 nitrogen and oxygen atoms in total. The predicted octanol–water partition coefficient (Wildman–Crippen LogP) is 1.49. The lowest BCUT2D eigenvalue weighted by Crippen LogP contribution is -2.46. The maximum absolute atomic E-state index is 11.2. The Kier molecular flexibility index (Phi) is 3.31. The van der Waals surface area contributed by atoms with Gasteiger partial charge in [0.15, 0.2) is 0 Å². The quantitative estimate of drug-likeness (QED) is 0.700. The SMILES string of the molecule is CC(C)CC1(C(=O)O)CCCNC1. The Morgan fingerprint density at radius 3 is 2.69 bits per heavy atom. The van der Waals surface area contributed by atoms with Gasteiger partial charge < -0.3 is 10.4 Å². The van der Waals surface area contributed by atoms with Crippen LogP contribution in [0.2, 0.25) is 0 Å². The van der Waals surface area contributed by atoms with E-state index in [-0.39, 0.29) is 0 Å². The first-order valence-corrected chi connectivity index (χ1v) is 5.01. The molecule has 0 spiro atoms. The van der Waals surface area contributed by atoms with Crippen molar-refractivity contribution in [3.63, 3.8) is 0 Å². The van der Waals surface area contributed by atoms with Crippen molar-refractivity contribution < 1.29 is 9.90 Å². The van der Waals surface area contributed by atoms with Crippen LogP contribution in [0, 0.1) is 11.3 Å². The number of aliphatic carboxylic acids is 1. The third kappa shape index (κ3) is 2.44. The zero-order valence-corrected chi connectivity index (χ0v) is 8.47. The molecule has 1 atom stereocenters. The molecule has 1 fully saturated rings. The Hall–Kier alpha value is -0.570. The van der Waals surface area contributed by atoms with Gasteiger partial charge in [-0.25, -0.2) is 0 Å². The predicted molar refractivity (Wildman–Crippen MR) is 51.6 cm³/mol. The van der Waals surface area contributed by atoms with Crippen LogP contribution >= 0.6 is 0 Å². The fourth-order valence-electron chi connectivity index (χ4n) is 2.19. The van der Waals surface area contributed by atoms with Crippen LogP contribution in [0.15, 0.2) is 0 Å². The molecule has 0 radical (unpaired) electrons.